The Kier molecular flexibility index (Phi) is 3.09. The molecule has 1 saturated heterocycles. The van der Waals surface area contributed by atoms with Crippen molar-refractivity contribution in [2.75, 3.05) is 13.3 Å². The summed E-state index contributed by atoms with van der Waals surface area (Å²) in [7, 11) is 0. The number of hydrogen-bond donors (Lipinski definition) is 1. The van der Waals surface area contributed by atoms with Crippen molar-refractivity contribution in [3.05, 3.63) is 0 Å². The van der Waals surface area contributed by atoms with Gasteiger partial charge in [0.15, 0.2) is 0 Å². The van der Waals surface area contributed by atoms with E-state index in [1.165, 1.54) is 4.90 Å². The van der Waals surface area contributed by atoms with Crippen LogP contribution in [0.25, 0.3) is 0 Å². The molecule has 4 heteroatoms. The third-order valence-corrected chi connectivity index (χ3v) is 3.50. The summed E-state index contributed by atoms with van der Waals surface area (Å²) in [6, 6.07) is 0. The van der Waals surface area contributed by atoms with E-state index >= 15 is 0 Å². The molecule has 3 nitrogen and oxygen atoms in total. The minimum atomic E-state index is -0.0996. The summed E-state index contributed by atoms with van der Waals surface area (Å²) in [5, 5.41) is 8.70. The van der Waals surface area contributed by atoms with Crippen molar-refractivity contribution in [1.29, 1.82) is 0 Å². The maximum atomic E-state index is 11.0. The number of amides is 1. The number of carbonyl (C=O) groups excluding carboxylic acids is 1. The van der Waals surface area contributed by atoms with Gasteiger partial charge in [-0.05, 0) is 0 Å². The summed E-state index contributed by atoms with van der Waals surface area (Å²) < 4.78 is 0.685. The second-order valence-corrected chi connectivity index (χ2v) is 5.67. The molecular formula is C6H10NO2Pb. The van der Waals surface area contributed by atoms with E-state index in [2.05, 4.69) is 0 Å². The second kappa shape index (κ2) is 3.66. The van der Waals surface area contributed by atoms with E-state index in [-0.39, 0.29) is 12.6 Å². The van der Waals surface area contributed by atoms with E-state index < -0.39 is 0 Å². The van der Waals surface area contributed by atoms with Crippen molar-refractivity contribution < 1.29 is 9.90 Å². The summed E-state index contributed by atoms with van der Waals surface area (Å²) in [5.74, 6) is 0.106. The van der Waals surface area contributed by atoms with E-state index in [0.29, 0.717) is 9.90 Å². The summed E-state index contributed by atoms with van der Waals surface area (Å²) in [5.41, 5.74) is 0. The van der Waals surface area contributed by atoms with Crippen LogP contribution in [0.2, 0.25) is 3.48 Å². The van der Waals surface area contributed by atoms with Gasteiger partial charge in [0.2, 0.25) is 0 Å². The molecule has 0 aliphatic carbocycles. The molecule has 0 spiro atoms. The first kappa shape index (κ1) is 8.45. The summed E-state index contributed by atoms with van der Waals surface area (Å²) in [6.45, 7) is 0.680. The van der Waals surface area contributed by atoms with Gasteiger partial charge in [-0.3, -0.25) is 0 Å². The molecule has 1 amide bonds. The van der Waals surface area contributed by atoms with Gasteiger partial charge in [0.25, 0.3) is 0 Å². The normalized spacial score (nSPS) is 27.2. The van der Waals surface area contributed by atoms with E-state index in [4.69, 9.17) is 5.11 Å². The predicted octanol–water partition coefficient (Wildman–Crippen LogP) is -0.484. The van der Waals surface area contributed by atoms with Crippen molar-refractivity contribution >= 4 is 31.7 Å². The van der Waals surface area contributed by atoms with Crippen LogP contribution in [0.3, 0.4) is 0 Å². The fourth-order valence-corrected chi connectivity index (χ4v) is 2.47. The summed E-state index contributed by atoms with van der Waals surface area (Å²) in [6.07, 6.45) is 1.66. The molecule has 55 valence electrons. The van der Waals surface area contributed by atoms with Gasteiger partial charge in [0.1, 0.15) is 0 Å². The maximum absolute atomic E-state index is 11.0. The zero-order chi connectivity index (χ0) is 7.56. The Morgan fingerprint density at radius 1 is 1.80 bits per heavy atom. The monoisotopic (exact) mass is 336 g/mol. The minimum absolute atomic E-state index is 0.0996. The van der Waals surface area contributed by atoms with E-state index in [1.54, 1.807) is 0 Å². The van der Waals surface area contributed by atoms with Gasteiger partial charge in [-0.2, -0.15) is 0 Å². The SMILES string of the molecule is O=C1CC[CH]([Pb])CN1CO. The first-order valence-electron chi connectivity index (χ1n) is 3.34. The summed E-state index contributed by atoms with van der Waals surface area (Å²) >= 11 is 1.13. The molecule has 1 aliphatic rings. The van der Waals surface area contributed by atoms with Gasteiger partial charge in [-0.15, -0.1) is 0 Å². The van der Waals surface area contributed by atoms with Crippen LogP contribution in [-0.4, -0.2) is 55.0 Å². The molecule has 1 fully saturated rings. The van der Waals surface area contributed by atoms with Crippen molar-refractivity contribution in [3.63, 3.8) is 0 Å². The van der Waals surface area contributed by atoms with Crippen molar-refractivity contribution in [1.82, 2.24) is 4.90 Å². The van der Waals surface area contributed by atoms with Crippen LogP contribution in [0.15, 0.2) is 0 Å². The van der Waals surface area contributed by atoms with Crippen LogP contribution in [-0.2, 0) is 4.79 Å². The van der Waals surface area contributed by atoms with E-state index in [0.717, 1.165) is 38.7 Å². The molecule has 10 heavy (non-hydrogen) atoms. The Balaban J connectivity index is 2.45. The Labute approximate surface area is 76.1 Å². The zero-order valence-corrected chi connectivity index (χ0v) is 9.60. The average Bonchev–Trinajstić information content (AvgIpc) is 1.94. The fraction of sp³-hybridized carbons (Fsp3) is 0.833. The molecule has 0 aromatic heterocycles. The van der Waals surface area contributed by atoms with Gasteiger partial charge in [0, 0.05) is 0 Å². The molecule has 3 radical (unpaired) electrons. The van der Waals surface area contributed by atoms with Crippen LogP contribution < -0.4 is 0 Å². The van der Waals surface area contributed by atoms with Crippen molar-refractivity contribution in [2.45, 2.75) is 16.3 Å². The number of aliphatic hydroxyl groups excluding tert-OH is 1. The fourth-order valence-electron chi connectivity index (χ4n) is 1.05. The topological polar surface area (TPSA) is 40.5 Å². The van der Waals surface area contributed by atoms with Crippen molar-refractivity contribution in [2.24, 2.45) is 0 Å². The molecule has 1 atom stereocenters. The van der Waals surface area contributed by atoms with Crippen LogP contribution in [0, 0.1) is 0 Å². The van der Waals surface area contributed by atoms with Crippen LogP contribution >= 0.6 is 0 Å². The van der Waals surface area contributed by atoms with Crippen LogP contribution in [0.1, 0.15) is 12.8 Å². The average molecular weight is 335 g/mol. The van der Waals surface area contributed by atoms with Gasteiger partial charge < -0.3 is 0 Å². The zero-order valence-electron chi connectivity index (χ0n) is 5.71. The molecule has 0 bridgehead atoms. The first-order valence-corrected chi connectivity index (χ1v) is 5.58. The first-order chi connectivity index (χ1) is 4.74. The number of hydrogen-bond acceptors (Lipinski definition) is 2. The van der Waals surface area contributed by atoms with E-state index in [9.17, 15) is 4.79 Å². The molecule has 1 unspecified atom stereocenters. The van der Waals surface area contributed by atoms with Gasteiger partial charge in [-0.1, -0.05) is 0 Å². The Morgan fingerprint density at radius 2 is 2.50 bits per heavy atom. The molecule has 0 aromatic rings. The third kappa shape index (κ3) is 1.92. The number of piperidine rings is 1. The number of likely N-dealkylation sites (tertiary alicyclic amines) is 1. The molecule has 1 heterocycles. The van der Waals surface area contributed by atoms with Crippen LogP contribution in [0.5, 0.6) is 0 Å². The molecule has 0 aromatic carbocycles. The number of rotatable bonds is 1. The standard InChI is InChI=1S/C6H10NO2.Pb/c8-5-7-4-2-1-3-6(7)9;/h2,8H,1,3-5H2;. The molecule has 1 rings (SSSR count). The Hall–Kier alpha value is 0.352. The second-order valence-electron chi connectivity index (χ2n) is 2.49. The molecule has 1 aliphatic heterocycles. The Bertz CT molecular complexity index is 140. The third-order valence-electron chi connectivity index (χ3n) is 1.67. The van der Waals surface area contributed by atoms with E-state index in [1.807, 2.05) is 0 Å². The van der Waals surface area contributed by atoms with Gasteiger partial charge >= 0.3 is 76.1 Å². The molecule has 0 saturated carbocycles. The number of nitrogens with zero attached hydrogens (tertiary/aromatic N) is 1. The predicted molar refractivity (Wildman–Crippen MR) is 37.5 cm³/mol. The van der Waals surface area contributed by atoms with Gasteiger partial charge in [0.05, 0.1) is 0 Å². The summed E-state index contributed by atoms with van der Waals surface area (Å²) in [4.78, 5) is 12.5. The van der Waals surface area contributed by atoms with Crippen LogP contribution in [0.4, 0.5) is 0 Å². The Morgan fingerprint density at radius 3 is 3.00 bits per heavy atom. The molecule has 1 N–H and O–H groups in total. The quantitative estimate of drug-likeness (QED) is 0.658. The number of aliphatic hydroxyl groups is 1. The molecular weight excluding hydrogens is 325 g/mol. The van der Waals surface area contributed by atoms with Gasteiger partial charge in [-0.25, -0.2) is 0 Å². The number of carbonyl (C=O) groups is 1. The van der Waals surface area contributed by atoms with Crippen molar-refractivity contribution in [3.8, 4) is 0 Å².